The van der Waals surface area contributed by atoms with E-state index in [0.29, 0.717) is 5.56 Å². The molecule has 1 aromatic carbocycles. The maximum absolute atomic E-state index is 12.4. The molecule has 0 aliphatic rings. The van der Waals surface area contributed by atoms with Crippen molar-refractivity contribution >= 4 is 17.2 Å². The van der Waals surface area contributed by atoms with E-state index >= 15 is 0 Å². The highest BCUT2D eigenvalue weighted by molar-refractivity contribution is 7.10. The molecular weight excluding hydrogens is 296 g/mol. The molecule has 0 radical (unpaired) electrons. The number of hydrogen-bond donors (Lipinski definition) is 2. The van der Waals surface area contributed by atoms with Crippen molar-refractivity contribution in [3.05, 3.63) is 92.5 Å². The Morgan fingerprint density at radius 1 is 1.05 bits per heavy atom. The Kier molecular flexibility index (Phi) is 4.16. The summed E-state index contributed by atoms with van der Waals surface area (Å²) < 4.78 is 0. The van der Waals surface area contributed by atoms with Crippen LogP contribution < -0.4 is 10.9 Å². The van der Waals surface area contributed by atoms with Crippen LogP contribution in [-0.2, 0) is 0 Å². The first-order chi connectivity index (χ1) is 10.7. The molecule has 1 atom stereocenters. The molecule has 1 amide bonds. The first-order valence-electron chi connectivity index (χ1n) is 6.82. The van der Waals surface area contributed by atoms with Crippen molar-refractivity contribution in [2.45, 2.75) is 6.04 Å². The van der Waals surface area contributed by atoms with Crippen molar-refractivity contribution < 1.29 is 4.79 Å². The number of H-pyrrole nitrogens is 1. The summed E-state index contributed by atoms with van der Waals surface area (Å²) in [6, 6.07) is 16.4. The molecule has 0 bridgehead atoms. The summed E-state index contributed by atoms with van der Waals surface area (Å²) in [6.45, 7) is 0. The average Bonchev–Trinajstić information content (AvgIpc) is 3.08. The lowest BCUT2D eigenvalue weighted by Gasteiger charge is -2.18. The van der Waals surface area contributed by atoms with E-state index in [9.17, 15) is 9.59 Å². The van der Waals surface area contributed by atoms with Gasteiger partial charge in [-0.1, -0.05) is 36.4 Å². The van der Waals surface area contributed by atoms with Crippen molar-refractivity contribution in [3.8, 4) is 0 Å². The lowest BCUT2D eigenvalue weighted by molar-refractivity contribution is 0.0943. The largest absolute Gasteiger partial charge is 0.340 e. The van der Waals surface area contributed by atoms with Crippen LogP contribution in [0.2, 0.25) is 0 Å². The topological polar surface area (TPSA) is 62.0 Å². The summed E-state index contributed by atoms with van der Waals surface area (Å²) in [6.07, 6.45) is 1.42. The number of carbonyl (C=O) groups is 1. The first kappa shape index (κ1) is 14.3. The summed E-state index contributed by atoms with van der Waals surface area (Å²) in [5.41, 5.74) is 1.22. The number of amides is 1. The number of pyridine rings is 1. The smallest absolute Gasteiger partial charge is 0.253 e. The van der Waals surface area contributed by atoms with Crippen molar-refractivity contribution in [1.29, 1.82) is 0 Å². The fourth-order valence-corrected chi connectivity index (χ4v) is 2.99. The predicted octanol–water partition coefficient (Wildman–Crippen LogP) is 2.96. The third kappa shape index (κ3) is 3.15. The van der Waals surface area contributed by atoms with E-state index in [0.717, 1.165) is 10.4 Å². The summed E-state index contributed by atoms with van der Waals surface area (Å²) in [5.74, 6) is -0.224. The fourth-order valence-electron chi connectivity index (χ4n) is 2.19. The Labute approximate surface area is 131 Å². The molecule has 0 unspecified atom stereocenters. The van der Waals surface area contributed by atoms with Gasteiger partial charge in [-0.05, 0) is 23.1 Å². The normalized spacial score (nSPS) is 11.8. The van der Waals surface area contributed by atoms with Crippen molar-refractivity contribution in [3.63, 3.8) is 0 Å². The molecule has 2 aromatic heterocycles. The predicted molar refractivity (Wildman–Crippen MR) is 87.1 cm³/mol. The molecule has 110 valence electrons. The Hall–Kier alpha value is -2.66. The zero-order chi connectivity index (χ0) is 15.4. The Morgan fingerprint density at radius 3 is 2.50 bits per heavy atom. The quantitative estimate of drug-likeness (QED) is 0.778. The maximum Gasteiger partial charge on any atom is 0.253 e. The van der Waals surface area contributed by atoms with Crippen LogP contribution in [0.1, 0.15) is 26.8 Å². The van der Waals surface area contributed by atoms with E-state index in [1.165, 1.54) is 18.3 Å². The van der Waals surface area contributed by atoms with Crippen LogP contribution in [0.3, 0.4) is 0 Å². The number of aromatic amines is 1. The van der Waals surface area contributed by atoms with Crippen LogP contribution in [0.25, 0.3) is 0 Å². The number of rotatable bonds is 4. The summed E-state index contributed by atoms with van der Waals surface area (Å²) in [5, 5.41) is 5.00. The number of nitrogens with one attached hydrogen (secondary N) is 2. The van der Waals surface area contributed by atoms with E-state index in [4.69, 9.17) is 0 Å². The third-order valence-corrected chi connectivity index (χ3v) is 4.22. The van der Waals surface area contributed by atoms with Gasteiger partial charge < -0.3 is 10.3 Å². The van der Waals surface area contributed by atoms with Gasteiger partial charge in [0.15, 0.2) is 0 Å². The minimum atomic E-state index is -0.227. The lowest BCUT2D eigenvalue weighted by atomic mass is 10.0. The summed E-state index contributed by atoms with van der Waals surface area (Å²) in [4.78, 5) is 27.1. The number of hydrogen-bond acceptors (Lipinski definition) is 3. The minimum Gasteiger partial charge on any atom is -0.340 e. The first-order valence-corrected chi connectivity index (χ1v) is 7.70. The van der Waals surface area contributed by atoms with Gasteiger partial charge in [0.1, 0.15) is 0 Å². The lowest BCUT2D eigenvalue weighted by Crippen LogP contribution is -2.29. The molecule has 0 aliphatic heterocycles. The molecule has 4 nitrogen and oxygen atoms in total. The Balaban J connectivity index is 1.89. The molecular formula is C17H14N2O2S. The van der Waals surface area contributed by atoms with Crippen LogP contribution >= 0.6 is 11.3 Å². The van der Waals surface area contributed by atoms with Crippen LogP contribution in [0.15, 0.2) is 71.0 Å². The molecule has 3 aromatic rings. The van der Waals surface area contributed by atoms with Gasteiger partial charge in [0, 0.05) is 17.1 Å². The van der Waals surface area contributed by atoms with Gasteiger partial charge in [0.25, 0.3) is 5.91 Å². The molecule has 3 rings (SSSR count). The zero-order valence-corrected chi connectivity index (χ0v) is 12.5. The van der Waals surface area contributed by atoms with Gasteiger partial charge in [-0.2, -0.15) is 0 Å². The molecule has 0 spiro atoms. The highest BCUT2D eigenvalue weighted by Gasteiger charge is 2.18. The zero-order valence-electron chi connectivity index (χ0n) is 11.7. The Morgan fingerprint density at radius 2 is 1.86 bits per heavy atom. The highest BCUT2D eigenvalue weighted by Crippen LogP contribution is 2.26. The molecule has 0 aliphatic carbocycles. The van der Waals surface area contributed by atoms with E-state index in [-0.39, 0.29) is 17.5 Å². The average molecular weight is 310 g/mol. The molecule has 0 saturated heterocycles. The Bertz CT molecular complexity index is 790. The SMILES string of the molecule is O=C(N[C@H](c1ccccc1)c1cccs1)c1ccc(=O)[nH]c1. The summed E-state index contributed by atoms with van der Waals surface area (Å²) >= 11 is 1.59. The highest BCUT2D eigenvalue weighted by atomic mass is 32.1. The summed E-state index contributed by atoms with van der Waals surface area (Å²) in [7, 11) is 0. The van der Waals surface area contributed by atoms with Crippen molar-refractivity contribution in [1.82, 2.24) is 10.3 Å². The van der Waals surface area contributed by atoms with Crippen LogP contribution in [0.5, 0.6) is 0 Å². The molecule has 2 N–H and O–H groups in total. The van der Waals surface area contributed by atoms with Crippen molar-refractivity contribution in [2.75, 3.05) is 0 Å². The third-order valence-electron chi connectivity index (χ3n) is 3.28. The minimum absolute atomic E-state index is 0.208. The number of thiophene rings is 1. The number of carbonyl (C=O) groups excluding carboxylic acids is 1. The van der Waals surface area contributed by atoms with Crippen LogP contribution in [0, 0.1) is 0 Å². The van der Waals surface area contributed by atoms with Gasteiger partial charge in [-0.15, -0.1) is 11.3 Å². The number of benzene rings is 1. The van der Waals surface area contributed by atoms with Crippen LogP contribution in [-0.4, -0.2) is 10.9 Å². The molecule has 2 heterocycles. The second-order valence-electron chi connectivity index (χ2n) is 4.77. The van der Waals surface area contributed by atoms with E-state index < -0.39 is 0 Å². The molecule has 0 saturated carbocycles. The van der Waals surface area contributed by atoms with Gasteiger partial charge in [0.2, 0.25) is 5.56 Å². The second kappa shape index (κ2) is 6.41. The van der Waals surface area contributed by atoms with E-state index in [2.05, 4.69) is 10.3 Å². The molecule has 0 fully saturated rings. The van der Waals surface area contributed by atoms with Gasteiger partial charge in [0.05, 0.1) is 11.6 Å². The fraction of sp³-hybridized carbons (Fsp3) is 0.0588. The standard InChI is InChI=1S/C17H14N2O2S/c20-15-9-8-13(11-18-15)17(21)19-16(14-7-4-10-22-14)12-5-2-1-3-6-12/h1-11,16H,(H,18,20)(H,19,21)/t16-/m1/s1. The maximum atomic E-state index is 12.4. The number of aromatic nitrogens is 1. The van der Waals surface area contributed by atoms with Crippen molar-refractivity contribution in [2.24, 2.45) is 0 Å². The van der Waals surface area contributed by atoms with Gasteiger partial charge in [-0.3, -0.25) is 9.59 Å². The monoisotopic (exact) mass is 310 g/mol. The van der Waals surface area contributed by atoms with Gasteiger partial charge in [-0.25, -0.2) is 0 Å². The molecule has 5 heteroatoms. The van der Waals surface area contributed by atoms with Crippen LogP contribution in [0.4, 0.5) is 0 Å². The van der Waals surface area contributed by atoms with Gasteiger partial charge >= 0.3 is 0 Å². The van der Waals surface area contributed by atoms with E-state index in [1.807, 2.05) is 47.8 Å². The van der Waals surface area contributed by atoms with E-state index in [1.54, 1.807) is 11.3 Å². The second-order valence-corrected chi connectivity index (χ2v) is 5.75. The molecule has 22 heavy (non-hydrogen) atoms.